The topological polar surface area (TPSA) is 115 Å². The van der Waals surface area contributed by atoms with Crippen molar-refractivity contribution >= 4 is 28.4 Å². The van der Waals surface area contributed by atoms with Crippen molar-refractivity contribution in [1.29, 1.82) is 0 Å². The van der Waals surface area contributed by atoms with Gasteiger partial charge in [-0.25, -0.2) is 4.57 Å². The molecule has 9 nitrogen and oxygen atoms in total. The molecule has 0 atom stereocenters. The first-order chi connectivity index (χ1) is 15.0. The minimum absolute atomic E-state index is 0.207. The van der Waals surface area contributed by atoms with Crippen LogP contribution in [0, 0.1) is 6.92 Å². The van der Waals surface area contributed by atoms with Crippen LogP contribution in [0.3, 0.4) is 0 Å². The van der Waals surface area contributed by atoms with Crippen molar-refractivity contribution in [2.24, 2.45) is 0 Å². The van der Waals surface area contributed by atoms with Gasteiger partial charge in [0.15, 0.2) is 0 Å². The monoisotopic (exact) mass is 419 g/mol. The van der Waals surface area contributed by atoms with Crippen molar-refractivity contribution in [3.63, 3.8) is 0 Å². The number of amides is 1. The van der Waals surface area contributed by atoms with Crippen molar-refractivity contribution in [3.8, 4) is 0 Å². The number of nitrogens with zero attached hydrogens (tertiary/aromatic N) is 4. The maximum absolute atomic E-state index is 13.3. The maximum atomic E-state index is 13.3. The van der Waals surface area contributed by atoms with Crippen LogP contribution in [0.25, 0.3) is 16.7 Å². The van der Waals surface area contributed by atoms with Gasteiger partial charge in [-0.15, -0.1) is 0 Å². The Bertz CT molecular complexity index is 1330. The largest absolute Gasteiger partial charge is 0.383 e. The van der Waals surface area contributed by atoms with Gasteiger partial charge in [0.1, 0.15) is 10.9 Å². The molecule has 4 aromatic heterocycles. The summed E-state index contributed by atoms with van der Waals surface area (Å²) in [4.78, 5) is 35.0. The lowest BCUT2D eigenvalue weighted by Gasteiger charge is -2.13. The molecule has 0 fully saturated rings. The first-order valence-corrected chi connectivity index (χ1v) is 9.81. The Morgan fingerprint density at radius 3 is 2.90 bits per heavy atom. The Morgan fingerprint density at radius 2 is 2.16 bits per heavy atom. The number of hydrogen-bond donors (Lipinski definition) is 2. The number of fused-ring (bicyclic) bond motifs is 2. The average molecular weight is 419 g/mol. The van der Waals surface area contributed by atoms with Gasteiger partial charge >= 0.3 is 0 Å². The van der Waals surface area contributed by atoms with E-state index in [0.717, 1.165) is 11.1 Å². The number of carbonyl (C=O) groups excluding carboxylic acids is 1. The maximum Gasteiger partial charge on any atom is 0.278 e. The molecule has 3 N–H and O–H groups in total. The lowest BCUT2D eigenvalue weighted by molar-refractivity contribution is -0.649. The molecule has 1 amide bonds. The second kappa shape index (κ2) is 8.49. The summed E-state index contributed by atoms with van der Waals surface area (Å²) in [6, 6.07) is 8.90. The number of rotatable bonds is 6. The zero-order valence-electron chi connectivity index (χ0n) is 17.3. The Hall–Kier alpha value is -3.85. The molecule has 4 heterocycles. The van der Waals surface area contributed by atoms with E-state index >= 15 is 0 Å². The Morgan fingerprint density at radius 1 is 1.32 bits per heavy atom. The van der Waals surface area contributed by atoms with E-state index in [1.165, 1.54) is 10.5 Å². The number of aromatic nitrogens is 4. The molecule has 9 heteroatoms. The lowest BCUT2D eigenvalue weighted by atomic mass is 10.1. The number of ether oxygens (including phenoxy) is 1. The summed E-state index contributed by atoms with van der Waals surface area (Å²) >= 11 is 0. The van der Waals surface area contributed by atoms with Gasteiger partial charge in [0, 0.05) is 43.4 Å². The van der Waals surface area contributed by atoms with Crippen molar-refractivity contribution in [1.82, 2.24) is 19.7 Å². The molecule has 0 saturated carbocycles. The smallest absolute Gasteiger partial charge is 0.278 e. The van der Waals surface area contributed by atoms with Gasteiger partial charge in [0.05, 0.1) is 13.2 Å². The predicted octanol–water partition coefficient (Wildman–Crippen LogP) is 0.845. The minimum Gasteiger partial charge on any atom is -0.383 e. The van der Waals surface area contributed by atoms with Crippen molar-refractivity contribution in [2.75, 3.05) is 26.0 Å². The van der Waals surface area contributed by atoms with E-state index in [-0.39, 0.29) is 22.8 Å². The van der Waals surface area contributed by atoms with Gasteiger partial charge in [-0.2, -0.15) is 0 Å². The van der Waals surface area contributed by atoms with Crippen molar-refractivity contribution in [3.05, 3.63) is 76.0 Å². The summed E-state index contributed by atoms with van der Waals surface area (Å²) in [5.74, 6) is -0.166. The molecule has 0 aliphatic rings. The first kappa shape index (κ1) is 20.4. The zero-order chi connectivity index (χ0) is 22.0. The number of anilines is 1. The van der Waals surface area contributed by atoms with Crippen molar-refractivity contribution in [2.45, 2.75) is 13.5 Å². The molecular formula is C22H23N6O3+. The summed E-state index contributed by atoms with van der Waals surface area (Å²) in [7, 11) is 1.55. The van der Waals surface area contributed by atoms with Crippen LogP contribution in [0.15, 0.2) is 53.7 Å². The van der Waals surface area contributed by atoms with E-state index < -0.39 is 0 Å². The van der Waals surface area contributed by atoms with Crippen LogP contribution in [0.1, 0.15) is 21.5 Å². The van der Waals surface area contributed by atoms with E-state index in [2.05, 4.69) is 10.3 Å². The van der Waals surface area contributed by atoms with Crippen LogP contribution in [0.4, 0.5) is 5.82 Å². The second-order valence-corrected chi connectivity index (χ2v) is 7.18. The number of hydrogen-bond acceptors (Lipinski definition) is 6. The Labute approximate surface area is 178 Å². The fourth-order valence-electron chi connectivity index (χ4n) is 3.49. The van der Waals surface area contributed by atoms with Crippen molar-refractivity contribution < 1.29 is 14.1 Å². The molecular weight excluding hydrogens is 396 g/mol. The average Bonchev–Trinajstić information content (AvgIpc) is 2.77. The highest BCUT2D eigenvalue weighted by Gasteiger charge is 2.25. The summed E-state index contributed by atoms with van der Waals surface area (Å²) in [5.41, 5.74) is 9.05. The van der Waals surface area contributed by atoms with Gasteiger partial charge in [-0.1, -0.05) is 17.1 Å². The van der Waals surface area contributed by atoms with Crippen LogP contribution < -0.4 is 21.2 Å². The number of methoxy groups -OCH3 is 1. The van der Waals surface area contributed by atoms with Gasteiger partial charge in [0.2, 0.25) is 11.5 Å². The quantitative estimate of drug-likeness (QED) is 0.272. The lowest BCUT2D eigenvalue weighted by Crippen LogP contribution is -2.43. The molecule has 0 aliphatic carbocycles. The molecule has 0 bridgehead atoms. The fourth-order valence-corrected chi connectivity index (χ4v) is 3.49. The fraction of sp³-hybridized carbons (Fsp3) is 0.227. The molecule has 0 radical (unpaired) electrons. The molecule has 31 heavy (non-hydrogen) atoms. The summed E-state index contributed by atoms with van der Waals surface area (Å²) in [6.45, 7) is 2.89. The summed E-state index contributed by atoms with van der Waals surface area (Å²) in [6.07, 6.45) is 5.05. The SMILES string of the molecule is COCCNC(=O)c1cc2c(=O)n3cccc(C)c3nc2[n+](Cc2cccnc2)c1N. The third kappa shape index (κ3) is 3.82. The molecule has 4 rings (SSSR count). The highest BCUT2D eigenvalue weighted by atomic mass is 16.5. The zero-order valence-corrected chi connectivity index (χ0v) is 17.3. The van der Waals surface area contributed by atoms with E-state index in [4.69, 9.17) is 15.5 Å². The number of pyridine rings is 3. The molecule has 0 unspecified atom stereocenters. The number of aryl methyl sites for hydroxylation is 1. The highest BCUT2D eigenvalue weighted by molar-refractivity contribution is 6.00. The Balaban J connectivity index is 1.99. The number of nitrogens with two attached hydrogens (primary N) is 1. The number of nitrogens with one attached hydrogen (secondary N) is 1. The number of nitrogen functional groups attached to an aromatic ring is 1. The minimum atomic E-state index is -0.384. The molecule has 4 aromatic rings. The van der Waals surface area contributed by atoms with E-state index in [0.29, 0.717) is 36.4 Å². The van der Waals surface area contributed by atoms with Crippen LogP contribution in [-0.2, 0) is 11.3 Å². The first-order valence-electron chi connectivity index (χ1n) is 9.81. The second-order valence-electron chi connectivity index (χ2n) is 7.18. The van der Waals surface area contributed by atoms with Crippen LogP contribution >= 0.6 is 0 Å². The van der Waals surface area contributed by atoms with E-state index in [1.54, 1.807) is 36.3 Å². The standard InChI is InChI=1S/C22H22N6O3/c1-14-5-4-9-27-19(14)26-20-17(22(27)30)11-16(21(29)25-8-10-31-2)18(23)28(20)13-15-6-3-7-24-12-15/h3-7,9,11-12,23H,8,10,13H2,1-2H3,(H,25,29)/p+1. The van der Waals surface area contributed by atoms with Gasteiger partial charge in [-0.05, 0) is 25.1 Å². The van der Waals surface area contributed by atoms with Crippen LogP contribution in [0.2, 0.25) is 0 Å². The highest BCUT2D eigenvalue weighted by Crippen LogP contribution is 2.16. The molecule has 0 aromatic carbocycles. The molecule has 0 aliphatic heterocycles. The molecule has 0 saturated heterocycles. The molecule has 158 valence electrons. The van der Waals surface area contributed by atoms with E-state index in [1.807, 2.05) is 25.1 Å². The third-order valence-corrected chi connectivity index (χ3v) is 5.08. The van der Waals surface area contributed by atoms with Crippen LogP contribution in [0.5, 0.6) is 0 Å². The van der Waals surface area contributed by atoms with Gasteiger partial charge in [-0.3, -0.25) is 19.0 Å². The van der Waals surface area contributed by atoms with Gasteiger partial charge < -0.3 is 15.8 Å². The normalized spacial score (nSPS) is 11.2. The van der Waals surface area contributed by atoms with Crippen LogP contribution in [-0.4, -0.2) is 40.5 Å². The predicted molar refractivity (Wildman–Crippen MR) is 116 cm³/mol. The summed E-state index contributed by atoms with van der Waals surface area (Å²) in [5, 5.41) is 3.07. The summed E-state index contributed by atoms with van der Waals surface area (Å²) < 4.78 is 8.16. The van der Waals surface area contributed by atoms with E-state index in [9.17, 15) is 9.59 Å². The Kier molecular flexibility index (Phi) is 5.59. The molecule has 0 spiro atoms. The number of carbonyl (C=O) groups is 1. The van der Waals surface area contributed by atoms with Gasteiger partial charge in [0.25, 0.3) is 17.1 Å². The third-order valence-electron chi connectivity index (χ3n) is 5.08.